The van der Waals surface area contributed by atoms with Gasteiger partial charge in [-0.1, -0.05) is 17.7 Å². The van der Waals surface area contributed by atoms with Crippen LogP contribution in [0.5, 0.6) is 5.75 Å². The molecule has 0 unspecified atom stereocenters. The van der Waals surface area contributed by atoms with Gasteiger partial charge in [-0.25, -0.2) is 4.39 Å². The number of hydrogen-bond acceptors (Lipinski definition) is 3. The van der Waals surface area contributed by atoms with Gasteiger partial charge in [-0.2, -0.15) is 0 Å². The smallest absolute Gasteiger partial charge is 0.126 e. The summed E-state index contributed by atoms with van der Waals surface area (Å²) in [5.74, 6) is 0.310. The summed E-state index contributed by atoms with van der Waals surface area (Å²) in [5, 5.41) is 1.98. The number of halogens is 1. The first-order valence-corrected chi connectivity index (χ1v) is 7.06. The van der Waals surface area contributed by atoms with E-state index in [1.807, 2.05) is 19.1 Å². The zero-order chi connectivity index (χ0) is 15.7. The maximum absolute atomic E-state index is 13.7. The number of fused-ring (bicyclic) bond motifs is 1. The maximum atomic E-state index is 13.7. The van der Waals surface area contributed by atoms with Gasteiger partial charge in [-0.05, 0) is 36.6 Å². The van der Waals surface area contributed by atoms with Gasteiger partial charge in [-0.3, -0.25) is 4.98 Å². The van der Waals surface area contributed by atoms with Crippen LogP contribution in [-0.4, -0.2) is 12.1 Å². The quantitative estimate of drug-likeness (QED) is 0.799. The van der Waals surface area contributed by atoms with Crippen LogP contribution >= 0.6 is 0 Å². The lowest BCUT2D eigenvalue weighted by atomic mass is 9.97. The molecule has 0 saturated carbocycles. The molecule has 0 aliphatic rings. The summed E-state index contributed by atoms with van der Waals surface area (Å²) in [4.78, 5) is 4.44. The molecule has 0 fully saturated rings. The second-order valence-electron chi connectivity index (χ2n) is 5.22. The Hall–Kier alpha value is -2.46. The van der Waals surface area contributed by atoms with Gasteiger partial charge < -0.3 is 10.5 Å². The molecule has 0 saturated heterocycles. The van der Waals surface area contributed by atoms with Crippen molar-refractivity contribution < 1.29 is 9.13 Å². The molecule has 3 rings (SSSR count). The Balaban J connectivity index is 2.35. The predicted molar refractivity (Wildman–Crippen MR) is 86.3 cm³/mol. The number of hydrogen-bond donors (Lipinski definition) is 1. The van der Waals surface area contributed by atoms with Crippen molar-refractivity contribution in [2.24, 2.45) is 5.73 Å². The normalized spacial score (nSPS) is 10.9. The van der Waals surface area contributed by atoms with Crippen LogP contribution in [0.4, 0.5) is 4.39 Å². The molecule has 1 heterocycles. The van der Waals surface area contributed by atoms with E-state index in [9.17, 15) is 4.39 Å². The number of nitrogens with two attached hydrogens (primary N) is 1. The van der Waals surface area contributed by atoms with Crippen LogP contribution in [0.2, 0.25) is 0 Å². The molecule has 22 heavy (non-hydrogen) atoms. The van der Waals surface area contributed by atoms with Crippen LogP contribution < -0.4 is 10.5 Å². The zero-order valence-electron chi connectivity index (χ0n) is 12.6. The highest BCUT2D eigenvalue weighted by Crippen LogP contribution is 2.36. The van der Waals surface area contributed by atoms with Gasteiger partial charge in [0, 0.05) is 29.3 Å². The molecule has 0 spiro atoms. The standard InChI is InChI=1S/C18H17FN2O/c1-11-3-5-13-14(7-11)17(9-20)21-10-16(13)15-8-12(19)4-6-18(15)22-2/h3-8,10H,9,20H2,1-2H3. The summed E-state index contributed by atoms with van der Waals surface area (Å²) in [6.45, 7) is 2.38. The van der Waals surface area contributed by atoms with E-state index in [0.717, 1.165) is 27.6 Å². The highest BCUT2D eigenvalue weighted by Gasteiger charge is 2.13. The van der Waals surface area contributed by atoms with Gasteiger partial charge in [0.05, 0.1) is 12.8 Å². The molecule has 1 aromatic heterocycles. The monoisotopic (exact) mass is 296 g/mol. The van der Waals surface area contributed by atoms with E-state index in [-0.39, 0.29) is 5.82 Å². The minimum absolute atomic E-state index is 0.307. The van der Waals surface area contributed by atoms with E-state index in [1.54, 1.807) is 19.4 Å². The van der Waals surface area contributed by atoms with E-state index in [0.29, 0.717) is 17.9 Å². The SMILES string of the molecule is COc1ccc(F)cc1-c1cnc(CN)c2cc(C)ccc12. The number of methoxy groups -OCH3 is 1. The van der Waals surface area contributed by atoms with E-state index < -0.39 is 0 Å². The van der Waals surface area contributed by atoms with Crippen LogP contribution in [0.1, 0.15) is 11.3 Å². The van der Waals surface area contributed by atoms with Crippen LogP contribution in [0.25, 0.3) is 21.9 Å². The number of nitrogens with zero attached hydrogens (tertiary/aromatic N) is 1. The van der Waals surface area contributed by atoms with Crippen LogP contribution in [-0.2, 0) is 6.54 Å². The molecular weight excluding hydrogens is 279 g/mol. The molecule has 0 amide bonds. The average molecular weight is 296 g/mol. The summed E-state index contributed by atoms with van der Waals surface area (Å²) in [6.07, 6.45) is 1.73. The Labute approximate surface area is 128 Å². The average Bonchev–Trinajstić information content (AvgIpc) is 2.53. The molecule has 0 aliphatic heterocycles. The highest BCUT2D eigenvalue weighted by molar-refractivity contribution is 5.99. The zero-order valence-corrected chi connectivity index (χ0v) is 12.6. The van der Waals surface area contributed by atoms with Crippen LogP contribution in [0, 0.1) is 12.7 Å². The highest BCUT2D eigenvalue weighted by atomic mass is 19.1. The Morgan fingerprint density at radius 1 is 1.09 bits per heavy atom. The molecule has 2 N–H and O–H groups in total. The van der Waals surface area contributed by atoms with Gasteiger partial charge in [-0.15, -0.1) is 0 Å². The second-order valence-corrected chi connectivity index (χ2v) is 5.22. The molecule has 3 aromatic rings. The van der Waals surface area contributed by atoms with Crippen molar-refractivity contribution in [3.8, 4) is 16.9 Å². The molecule has 0 radical (unpaired) electrons. The number of rotatable bonds is 3. The molecule has 2 aromatic carbocycles. The molecule has 0 atom stereocenters. The van der Waals surface area contributed by atoms with Crippen LogP contribution in [0.15, 0.2) is 42.6 Å². The number of aryl methyl sites for hydroxylation is 1. The van der Waals surface area contributed by atoms with Gasteiger partial charge in [0.25, 0.3) is 0 Å². The third kappa shape index (κ3) is 2.42. The van der Waals surface area contributed by atoms with Crippen molar-refractivity contribution in [2.45, 2.75) is 13.5 Å². The van der Waals surface area contributed by atoms with Crippen LogP contribution in [0.3, 0.4) is 0 Å². The van der Waals surface area contributed by atoms with Crippen molar-refractivity contribution in [1.29, 1.82) is 0 Å². The first kappa shape index (κ1) is 14.5. The van der Waals surface area contributed by atoms with E-state index in [4.69, 9.17) is 10.5 Å². The minimum Gasteiger partial charge on any atom is -0.496 e. The molecule has 0 aliphatic carbocycles. The Kier molecular flexibility index (Phi) is 3.77. The van der Waals surface area contributed by atoms with Crippen molar-refractivity contribution >= 4 is 10.8 Å². The summed E-state index contributed by atoms with van der Waals surface area (Å²) in [6, 6.07) is 10.6. The van der Waals surface area contributed by atoms with Crippen molar-refractivity contribution in [1.82, 2.24) is 4.98 Å². The van der Waals surface area contributed by atoms with Gasteiger partial charge in [0.15, 0.2) is 0 Å². The summed E-state index contributed by atoms with van der Waals surface area (Å²) in [7, 11) is 1.57. The molecule has 0 bridgehead atoms. The predicted octanol–water partition coefficient (Wildman–Crippen LogP) is 3.82. The third-order valence-electron chi connectivity index (χ3n) is 3.77. The Bertz CT molecular complexity index is 846. The maximum Gasteiger partial charge on any atom is 0.126 e. The van der Waals surface area contributed by atoms with Gasteiger partial charge in [0.1, 0.15) is 11.6 Å². The molecular formula is C18H17FN2O. The number of pyridine rings is 1. The molecule has 3 nitrogen and oxygen atoms in total. The number of ether oxygens (including phenoxy) is 1. The largest absolute Gasteiger partial charge is 0.496 e. The first-order valence-electron chi connectivity index (χ1n) is 7.06. The van der Waals surface area contributed by atoms with E-state index >= 15 is 0 Å². The molecule has 112 valence electrons. The lowest BCUT2D eigenvalue weighted by molar-refractivity contribution is 0.415. The fourth-order valence-electron chi connectivity index (χ4n) is 2.68. The summed E-state index contributed by atoms with van der Waals surface area (Å²) < 4.78 is 19.0. The van der Waals surface area contributed by atoms with Crippen molar-refractivity contribution in [3.63, 3.8) is 0 Å². The van der Waals surface area contributed by atoms with E-state index in [1.165, 1.54) is 12.1 Å². The second kappa shape index (κ2) is 5.73. The first-order chi connectivity index (χ1) is 10.6. The molecule has 4 heteroatoms. The fraction of sp³-hybridized carbons (Fsp3) is 0.167. The lowest BCUT2D eigenvalue weighted by Gasteiger charge is -2.13. The summed E-state index contributed by atoms with van der Waals surface area (Å²) >= 11 is 0. The third-order valence-corrected chi connectivity index (χ3v) is 3.77. The van der Waals surface area contributed by atoms with Gasteiger partial charge in [0.2, 0.25) is 0 Å². The lowest BCUT2D eigenvalue weighted by Crippen LogP contribution is -2.02. The minimum atomic E-state index is -0.307. The van der Waals surface area contributed by atoms with Crippen molar-refractivity contribution in [3.05, 3.63) is 59.7 Å². The van der Waals surface area contributed by atoms with Crippen molar-refractivity contribution in [2.75, 3.05) is 7.11 Å². The van der Waals surface area contributed by atoms with Gasteiger partial charge >= 0.3 is 0 Å². The Morgan fingerprint density at radius 3 is 2.64 bits per heavy atom. The fourth-order valence-corrected chi connectivity index (χ4v) is 2.68. The topological polar surface area (TPSA) is 48.1 Å². The Morgan fingerprint density at radius 2 is 1.91 bits per heavy atom. The summed E-state index contributed by atoms with van der Waals surface area (Å²) in [5.41, 5.74) is 9.27. The number of benzene rings is 2. The van der Waals surface area contributed by atoms with E-state index in [2.05, 4.69) is 11.1 Å². The number of aromatic nitrogens is 1.